The molecule has 2 aromatic rings. The van der Waals surface area contributed by atoms with Gasteiger partial charge in [0.05, 0.1) is 11.4 Å². The zero-order chi connectivity index (χ0) is 14.7. The summed E-state index contributed by atoms with van der Waals surface area (Å²) < 4.78 is 13.3. The van der Waals surface area contributed by atoms with Gasteiger partial charge in [-0.3, -0.25) is 4.98 Å². The predicted octanol–water partition coefficient (Wildman–Crippen LogP) is 2.42. The van der Waals surface area contributed by atoms with E-state index in [2.05, 4.69) is 10.3 Å². The van der Waals surface area contributed by atoms with E-state index in [-0.39, 0.29) is 16.9 Å². The van der Waals surface area contributed by atoms with Gasteiger partial charge in [-0.2, -0.15) is 0 Å². The maximum Gasteiger partial charge on any atom is 0.340 e. The molecule has 0 bridgehead atoms. The first-order chi connectivity index (χ1) is 9.50. The van der Waals surface area contributed by atoms with Gasteiger partial charge < -0.3 is 16.2 Å². The quantitative estimate of drug-likeness (QED) is 0.746. The van der Waals surface area contributed by atoms with Crippen LogP contribution in [-0.2, 0) is 6.54 Å². The number of halogens is 1. The molecule has 104 valence electrons. The third kappa shape index (κ3) is 2.69. The SMILES string of the molecule is Cc1cnccc1CNc1ccc(F)c(N)c1C(=O)O. The number of pyridine rings is 1. The summed E-state index contributed by atoms with van der Waals surface area (Å²) in [7, 11) is 0. The first kappa shape index (κ1) is 13.8. The number of carbonyl (C=O) groups is 1. The monoisotopic (exact) mass is 275 g/mol. The fourth-order valence-corrected chi connectivity index (χ4v) is 1.86. The molecule has 0 spiro atoms. The van der Waals surface area contributed by atoms with Crippen molar-refractivity contribution < 1.29 is 14.3 Å². The van der Waals surface area contributed by atoms with Gasteiger partial charge in [0, 0.05) is 18.9 Å². The summed E-state index contributed by atoms with van der Waals surface area (Å²) in [6.45, 7) is 2.31. The molecule has 0 aliphatic carbocycles. The molecule has 20 heavy (non-hydrogen) atoms. The third-order valence-corrected chi connectivity index (χ3v) is 3.01. The fraction of sp³-hybridized carbons (Fsp3) is 0.143. The lowest BCUT2D eigenvalue weighted by Crippen LogP contribution is -2.11. The van der Waals surface area contributed by atoms with Gasteiger partial charge in [0.15, 0.2) is 0 Å². The number of hydrogen-bond acceptors (Lipinski definition) is 4. The van der Waals surface area contributed by atoms with Gasteiger partial charge in [-0.05, 0) is 36.2 Å². The molecule has 0 saturated heterocycles. The largest absolute Gasteiger partial charge is 0.478 e. The number of nitrogen functional groups attached to an aromatic ring is 1. The zero-order valence-electron chi connectivity index (χ0n) is 10.9. The first-order valence-electron chi connectivity index (χ1n) is 5.95. The Hall–Kier alpha value is -2.63. The molecule has 0 unspecified atom stereocenters. The number of rotatable bonds is 4. The average Bonchev–Trinajstić information content (AvgIpc) is 2.41. The highest BCUT2D eigenvalue weighted by Gasteiger charge is 2.17. The van der Waals surface area contributed by atoms with Gasteiger partial charge in [-0.15, -0.1) is 0 Å². The normalized spacial score (nSPS) is 10.3. The lowest BCUT2D eigenvalue weighted by atomic mass is 10.1. The van der Waals surface area contributed by atoms with Crippen LogP contribution < -0.4 is 11.1 Å². The van der Waals surface area contributed by atoms with E-state index < -0.39 is 11.8 Å². The molecule has 6 heteroatoms. The Balaban J connectivity index is 2.29. The topological polar surface area (TPSA) is 88.2 Å². The maximum absolute atomic E-state index is 13.3. The predicted molar refractivity (Wildman–Crippen MR) is 74.1 cm³/mol. The molecule has 1 aromatic heterocycles. The standard InChI is InChI=1S/C14H14FN3O2/c1-8-6-17-5-4-9(8)7-18-11-3-2-10(15)13(16)12(11)14(19)20/h2-6,18H,7,16H2,1H3,(H,19,20). The van der Waals surface area contributed by atoms with Crippen molar-refractivity contribution in [3.8, 4) is 0 Å². The Morgan fingerprint density at radius 3 is 2.85 bits per heavy atom. The molecule has 5 nitrogen and oxygen atoms in total. The van der Waals surface area contributed by atoms with Crippen molar-refractivity contribution in [2.75, 3.05) is 11.1 Å². The summed E-state index contributed by atoms with van der Waals surface area (Å²) in [5.41, 5.74) is 7.09. The Morgan fingerprint density at radius 1 is 1.45 bits per heavy atom. The third-order valence-electron chi connectivity index (χ3n) is 3.01. The van der Waals surface area contributed by atoms with Gasteiger partial charge in [-0.1, -0.05) is 0 Å². The van der Waals surface area contributed by atoms with Crippen LogP contribution in [0.25, 0.3) is 0 Å². The number of benzene rings is 1. The summed E-state index contributed by atoms with van der Waals surface area (Å²) in [6, 6.07) is 4.34. The number of nitrogens with zero attached hydrogens (tertiary/aromatic N) is 1. The number of carboxylic acid groups (broad SMARTS) is 1. The molecule has 4 N–H and O–H groups in total. The second-order valence-corrected chi connectivity index (χ2v) is 4.34. The zero-order valence-corrected chi connectivity index (χ0v) is 10.9. The lowest BCUT2D eigenvalue weighted by Gasteiger charge is -2.13. The van der Waals surface area contributed by atoms with E-state index in [1.165, 1.54) is 6.07 Å². The van der Waals surface area contributed by atoms with Crippen LogP contribution in [0.2, 0.25) is 0 Å². The molecule has 1 heterocycles. The first-order valence-corrected chi connectivity index (χ1v) is 5.95. The fourth-order valence-electron chi connectivity index (χ4n) is 1.86. The molecule has 0 aliphatic heterocycles. The molecule has 0 atom stereocenters. The molecular formula is C14H14FN3O2. The van der Waals surface area contributed by atoms with Gasteiger partial charge in [-0.25, -0.2) is 9.18 Å². The number of anilines is 2. The van der Waals surface area contributed by atoms with E-state index in [0.29, 0.717) is 6.54 Å². The number of nitrogens with two attached hydrogens (primary N) is 1. The van der Waals surface area contributed by atoms with E-state index in [4.69, 9.17) is 10.8 Å². The lowest BCUT2D eigenvalue weighted by molar-refractivity contribution is 0.0698. The number of aryl methyl sites for hydroxylation is 1. The van der Waals surface area contributed by atoms with Crippen molar-refractivity contribution in [1.82, 2.24) is 4.98 Å². The van der Waals surface area contributed by atoms with Crippen molar-refractivity contribution in [2.45, 2.75) is 13.5 Å². The summed E-state index contributed by atoms with van der Waals surface area (Å²) in [5.74, 6) is -2.01. The molecular weight excluding hydrogens is 261 g/mol. The minimum Gasteiger partial charge on any atom is -0.478 e. The highest BCUT2D eigenvalue weighted by Crippen LogP contribution is 2.25. The van der Waals surface area contributed by atoms with Crippen molar-refractivity contribution >= 4 is 17.3 Å². The Labute approximate surface area is 115 Å². The van der Waals surface area contributed by atoms with Crippen LogP contribution >= 0.6 is 0 Å². The van der Waals surface area contributed by atoms with Crippen molar-refractivity contribution in [2.24, 2.45) is 0 Å². The highest BCUT2D eigenvalue weighted by molar-refractivity contribution is 6.00. The summed E-state index contributed by atoms with van der Waals surface area (Å²) in [5, 5.41) is 12.1. The molecule has 0 saturated carbocycles. The van der Waals surface area contributed by atoms with Gasteiger partial charge >= 0.3 is 5.97 Å². The van der Waals surface area contributed by atoms with E-state index in [1.807, 2.05) is 13.0 Å². The van der Waals surface area contributed by atoms with Crippen LogP contribution in [0.1, 0.15) is 21.5 Å². The van der Waals surface area contributed by atoms with E-state index in [0.717, 1.165) is 17.2 Å². The summed E-state index contributed by atoms with van der Waals surface area (Å²) in [6.07, 6.45) is 3.37. The number of nitrogens with one attached hydrogen (secondary N) is 1. The van der Waals surface area contributed by atoms with Crippen molar-refractivity contribution in [3.63, 3.8) is 0 Å². The van der Waals surface area contributed by atoms with Crippen LogP contribution in [0, 0.1) is 12.7 Å². The summed E-state index contributed by atoms with van der Waals surface area (Å²) in [4.78, 5) is 15.2. The second kappa shape index (κ2) is 5.56. The molecule has 2 rings (SSSR count). The smallest absolute Gasteiger partial charge is 0.340 e. The number of aromatic carboxylic acids is 1. The van der Waals surface area contributed by atoms with E-state index in [1.54, 1.807) is 12.4 Å². The van der Waals surface area contributed by atoms with Crippen LogP contribution in [0.3, 0.4) is 0 Å². The number of hydrogen-bond donors (Lipinski definition) is 3. The van der Waals surface area contributed by atoms with Crippen molar-refractivity contribution in [1.29, 1.82) is 0 Å². The molecule has 1 aromatic carbocycles. The van der Waals surface area contributed by atoms with Crippen LogP contribution in [-0.4, -0.2) is 16.1 Å². The average molecular weight is 275 g/mol. The summed E-state index contributed by atoms with van der Waals surface area (Å²) >= 11 is 0. The van der Waals surface area contributed by atoms with Gasteiger partial charge in [0.1, 0.15) is 11.4 Å². The molecule has 0 aliphatic rings. The maximum atomic E-state index is 13.3. The Kier molecular flexibility index (Phi) is 3.84. The number of aromatic nitrogens is 1. The van der Waals surface area contributed by atoms with Gasteiger partial charge in [0.2, 0.25) is 0 Å². The Morgan fingerprint density at radius 2 is 2.20 bits per heavy atom. The van der Waals surface area contributed by atoms with Crippen molar-refractivity contribution in [3.05, 3.63) is 53.1 Å². The molecule has 0 amide bonds. The van der Waals surface area contributed by atoms with E-state index in [9.17, 15) is 9.18 Å². The Bertz CT molecular complexity index is 659. The molecule has 0 fully saturated rings. The van der Waals surface area contributed by atoms with Gasteiger partial charge in [0.25, 0.3) is 0 Å². The van der Waals surface area contributed by atoms with E-state index >= 15 is 0 Å². The minimum absolute atomic E-state index is 0.253. The molecule has 0 radical (unpaired) electrons. The second-order valence-electron chi connectivity index (χ2n) is 4.34. The van der Waals surface area contributed by atoms with Crippen LogP contribution in [0.4, 0.5) is 15.8 Å². The van der Waals surface area contributed by atoms with Crippen LogP contribution in [0.15, 0.2) is 30.6 Å². The number of carboxylic acids is 1. The van der Waals surface area contributed by atoms with Crippen LogP contribution in [0.5, 0.6) is 0 Å². The highest BCUT2D eigenvalue weighted by atomic mass is 19.1. The minimum atomic E-state index is -1.27.